The molecule has 96 valence electrons. The van der Waals surface area contributed by atoms with Crippen molar-refractivity contribution in [3.8, 4) is 0 Å². The fraction of sp³-hybridized carbons (Fsp3) is 0.769. The van der Waals surface area contributed by atoms with Gasteiger partial charge in [-0.15, -0.1) is 11.3 Å². The zero-order chi connectivity index (χ0) is 12.3. The van der Waals surface area contributed by atoms with Crippen LogP contribution in [-0.2, 0) is 6.42 Å². The van der Waals surface area contributed by atoms with Gasteiger partial charge in [0.1, 0.15) is 0 Å². The first-order valence-electron chi connectivity index (χ1n) is 6.55. The summed E-state index contributed by atoms with van der Waals surface area (Å²) in [5.41, 5.74) is 7.06. The maximum absolute atomic E-state index is 5.75. The van der Waals surface area contributed by atoms with Gasteiger partial charge in [0.2, 0.25) is 0 Å². The van der Waals surface area contributed by atoms with Crippen molar-refractivity contribution < 1.29 is 0 Å². The molecule has 2 heterocycles. The van der Waals surface area contributed by atoms with Gasteiger partial charge < -0.3 is 10.6 Å². The van der Waals surface area contributed by atoms with Gasteiger partial charge in [-0.25, -0.2) is 4.98 Å². The van der Waals surface area contributed by atoms with E-state index in [4.69, 9.17) is 10.7 Å². The average Bonchev–Trinajstić information content (AvgIpc) is 2.94. The highest BCUT2D eigenvalue weighted by Gasteiger charge is 2.23. The molecule has 0 spiro atoms. The lowest BCUT2D eigenvalue weighted by molar-refractivity contribution is 0.411. The van der Waals surface area contributed by atoms with Crippen molar-refractivity contribution in [2.75, 3.05) is 26.7 Å². The molecule has 1 aromatic heterocycles. The number of aromatic nitrogens is 1. The van der Waals surface area contributed by atoms with E-state index < -0.39 is 0 Å². The van der Waals surface area contributed by atoms with Crippen LogP contribution in [0.25, 0.3) is 0 Å². The highest BCUT2D eigenvalue weighted by Crippen LogP contribution is 2.28. The van der Waals surface area contributed by atoms with Gasteiger partial charge in [0, 0.05) is 24.3 Å². The van der Waals surface area contributed by atoms with Gasteiger partial charge >= 0.3 is 0 Å². The second-order valence-electron chi connectivity index (χ2n) is 5.13. The summed E-state index contributed by atoms with van der Waals surface area (Å²) < 4.78 is 0. The molecule has 0 amide bonds. The summed E-state index contributed by atoms with van der Waals surface area (Å²) in [5, 5.41) is 3.52. The Morgan fingerprint density at radius 1 is 1.65 bits per heavy atom. The molecule has 1 aliphatic rings. The number of hydrogen-bond acceptors (Lipinski definition) is 4. The van der Waals surface area contributed by atoms with Crippen LogP contribution in [0.2, 0.25) is 0 Å². The second-order valence-corrected chi connectivity index (χ2v) is 6.07. The molecule has 1 saturated heterocycles. The van der Waals surface area contributed by atoms with Crippen LogP contribution < -0.4 is 5.73 Å². The Hall–Kier alpha value is -0.450. The minimum atomic E-state index is 0.597. The van der Waals surface area contributed by atoms with Crippen molar-refractivity contribution in [2.24, 2.45) is 11.7 Å². The van der Waals surface area contributed by atoms with Crippen molar-refractivity contribution in [1.82, 2.24) is 9.88 Å². The van der Waals surface area contributed by atoms with E-state index in [1.54, 1.807) is 0 Å². The number of thiazole rings is 1. The molecule has 0 bridgehead atoms. The first-order chi connectivity index (χ1) is 8.22. The van der Waals surface area contributed by atoms with Crippen LogP contribution in [0.5, 0.6) is 0 Å². The Bertz CT molecular complexity index is 346. The predicted molar refractivity (Wildman–Crippen MR) is 73.5 cm³/mol. The minimum Gasteiger partial charge on any atom is -0.330 e. The number of rotatable bonds is 5. The van der Waals surface area contributed by atoms with Crippen LogP contribution in [0, 0.1) is 5.92 Å². The van der Waals surface area contributed by atoms with Crippen molar-refractivity contribution >= 4 is 11.3 Å². The van der Waals surface area contributed by atoms with Crippen molar-refractivity contribution in [2.45, 2.75) is 32.1 Å². The van der Waals surface area contributed by atoms with Gasteiger partial charge in [-0.3, -0.25) is 0 Å². The van der Waals surface area contributed by atoms with E-state index in [0.717, 1.165) is 25.9 Å². The molecule has 4 heteroatoms. The molecule has 2 rings (SSSR count). The fourth-order valence-corrected chi connectivity index (χ4v) is 3.42. The Kier molecular flexibility index (Phi) is 4.54. The molecule has 3 nitrogen and oxygen atoms in total. The molecule has 0 aromatic carbocycles. The number of likely N-dealkylation sites (N-methyl/N-ethyl adjacent to an activating group) is 1. The van der Waals surface area contributed by atoms with E-state index in [-0.39, 0.29) is 0 Å². The number of nitrogens with zero attached hydrogens (tertiary/aromatic N) is 2. The molecule has 2 atom stereocenters. The summed E-state index contributed by atoms with van der Waals surface area (Å²) in [6.07, 6.45) is 3.46. The molecular weight excluding hydrogens is 230 g/mol. The molecule has 2 unspecified atom stereocenters. The first-order valence-corrected chi connectivity index (χ1v) is 7.43. The third-order valence-electron chi connectivity index (χ3n) is 3.75. The third kappa shape index (κ3) is 3.27. The summed E-state index contributed by atoms with van der Waals surface area (Å²) in [6, 6.07) is 0. The van der Waals surface area contributed by atoms with Crippen LogP contribution in [-0.4, -0.2) is 36.6 Å². The van der Waals surface area contributed by atoms with Gasteiger partial charge in [-0.05, 0) is 32.5 Å². The molecule has 0 saturated carbocycles. The molecule has 17 heavy (non-hydrogen) atoms. The fourth-order valence-electron chi connectivity index (χ4n) is 2.42. The summed E-state index contributed by atoms with van der Waals surface area (Å²) in [6.45, 7) is 5.35. The normalized spacial score (nSPS) is 23.1. The minimum absolute atomic E-state index is 0.597. The Balaban J connectivity index is 1.96. The molecule has 0 radical (unpaired) electrons. The Morgan fingerprint density at radius 2 is 2.47 bits per heavy atom. The molecule has 2 N–H and O–H groups in total. The van der Waals surface area contributed by atoms with E-state index in [1.165, 1.54) is 23.7 Å². The summed E-state index contributed by atoms with van der Waals surface area (Å²) in [5.74, 6) is 1.25. The standard InChI is InChI=1S/C13H23N3S/c1-3-10(7-14)6-13-15-12(9-17-13)11-4-5-16(2)8-11/h9-11H,3-8,14H2,1-2H3. The van der Waals surface area contributed by atoms with Crippen molar-refractivity contribution in [3.05, 3.63) is 16.1 Å². The number of hydrogen-bond donors (Lipinski definition) is 1. The quantitative estimate of drug-likeness (QED) is 0.873. The van der Waals surface area contributed by atoms with Gasteiger partial charge in [0.15, 0.2) is 0 Å². The summed E-state index contributed by atoms with van der Waals surface area (Å²) in [7, 11) is 2.19. The first kappa shape index (κ1) is 13.0. The van der Waals surface area contributed by atoms with Crippen LogP contribution in [0.3, 0.4) is 0 Å². The smallest absolute Gasteiger partial charge is 0.0931 e. The predicted octanol–water partition coefficient (Wildman–Crippen LogP) is 2.09. The van der Waals surface area contributed by atoms with Gasteiger partial charge in [-0.1, -0.05) is 13.3 Å². The summed E-state index contributed by atoms with van der Waals surface area (Å²) >= 11 is 1.81. The van der Waals surface area contributed by atoms with Gasteiger partial charge in [-0.2, -0.15) is 0 Å². The molecular formula is C13H23N3S. The van der Waals surface area contributed by atoms with Crippen LogP contribution in [0.1, 0.15) is 36.4 Å². The maximum atomic E-state index is 5.75. The average molecular weight is 253 g/mol. The molecule has 1 aromatic rings. The summed E-state index contributed by atoms with van der Waals surface area (Å²) in [4.78, 5) is 7.19. The van der Waals surface area contributed by atoms with Crippen molar-refractivity contribution in [1.29, 1.82) is 0 Å². The van der Waals surface area contributed by atoms with Crippen LogP contribution in [0.15, 0.2) is 5.38 Å². The molecule has 1 fully saturated rings. The highest BCUT2D eigenvalue weighted by molar-refractivity contribution is 7.09. The van der Waals surface area contributed by atoms with E-state index in [9.17, 15) is 0 Å². The zero-order valence-corrected chi connectivity index (χ0v) is 11.7. The van der Waals surface area contributed by atoms with Gasteiger partial charge in [0.25, 0.3) is 0 Å². The second kappa shape index (κ2) is 5.94. The largest absolute Gasteiger partial charge is 0.330 e. The third-order valence-corrected chi connectivity index (χ3v) is 4.64. The van der Waals surface area contributed by atoms with E-state index in [2.05, 4.69) is 24.3 Å². The monoisotopic (exact) mass is 253 g/mol. The lowest BCUT2D eigenvalue weighted by Gasteiger charge is -2.09. The molecule has 1 aliphatic heterocycles. The Morgan fingerprint density at radius 3 is 3.06 bits per heavy atom. The number of nitrogens with two attached hydrogens (primary N) is 1. The maximum Gasteiger partial charge on any atom is 0.0931 e. The van der Waals surface area contributed by atoms with E-state index >= 15 is 0 Å². The van der Waals surface area contributed by atoms with E-state index in [0.29, 0.717) is 11.8 Å². The Labute approximate surface area is 108 Å². The van der Waals surface area contributed by atoms with E-state index in [1.807, 2.05) is 11.3 Å². The SMILES string of the molecule is CCC(CN)Cc1nc(C2CCN(C)C2)cs1. The molecule has 0 aliphatic carbocycles. The number of likely N-dealkylation sites (tertiary alicyclic amines) is 1. The topological polar surface area (TPSA) is 42.1 Å². The lowest BCUT2D eigenvalue weighted by atomic mass is 10.0. The van der Waals surface area contributed by atoms with Crippen LogP contribution in [0.4, 0.5) is 0 Å². The zero-order valence-electron chi connectivity index (χ0n) is 10.9. The highest BCUT2D eigenvalue weighted by atomic mass is 32.1. The van der Waals surface area contributed by atoms with Crippen molar-refractivity contribution in [3.63, 3.8) is 0 Å². The lowest BCUT2D eigenvalue weighted by Crippen LogP contribution is -2.16. The van der Waals surface area contributed by atoms with Gasteiger partial charge in [0.05, 0.1) is 10.7 Å². The van der Waals surface area contributed by atoms with Crippen LogP contribution >= 0.6 is 11.3 Å².